The Morgan fingerprint density at radius 1 is 1.42 bits per heavy atom. The van der Waals surface area contributed by atoms with Crippen molar-refractivity contribution < 1.29 is 14.6 Å². The maximum atomic E-state index is 11.9. The second-order valence-corrected chi connectivity index (χ2v) is 5.10. The largest absolute Gasteiger partial charge is 0.497 e. The molecule has 0 saturated heterocycles. The molecule has 1 amide bonds. The third-order valence-corrected chi connectivity index (χ3v) is 2.84. The smallest absolute Gasteiger partial charge is 0.224 e. The maximum absolute atomic E-state index is 11.9. The molecule has 1 unspecified atom stereocenters. The number of benzene rings is 1. The second kappa shape index (κ2) is 7.79. The number of amides is 1. The Bertz CT molecular complexity index is 404. The van der Waals surface area contributed by atoms with Gasteiger partial charge in [0.2, 0.25) is 5.91 Å². The minimum absolute atomic E-state index is 0.0258. The molecule has 0 bridgehead atoms. The predicted molar refractivity (Wildman–Crippen MR) is 75.2 cm³/mol. The molecule has 0 saturated carbocycles. The van der Waals surface area contributed by atoms with Crippen LogP contribution in [0.15, 0.2) is 24.3 Å². The minimum Gasteiger partial charge on any atom is -0.497 e. The first-order valence-corrected chi connectivity index (χ1v) is 6.58. The number of carbonyl (C=O) groups is 1. The van der Waals surface area contributed by atoms with Crippen LogP contribution in [0.2, 0.25) is 0 Å². The Morgan fingerprint density at radius 2 is 2.16 bits per heavy atom. The molecule has 1 rings (SSSR count). The van der Waals surface area contributed by atoms with Crippen molar-refractivity contribution in [2.45, 2.75) is 32.7 Å². The first-order chi connectivity index (χ1) is 9.05. The van der Waals surface area contributed by atoms with Crippen molar-refractivity contribution in [2.24, 2.45) is 5.92 Å². The molecule has 0 aromatic heterocycles. The van der Waals surface area contributed by atoms with Gasteiger partial charge in [0.15, 0.2) is 0 Å². The zero-order chi connectivity index (χ0) is 14.3. The van der Waals surface area contributed by atoms with Crippen LogP contribution in [-0.2, 0) is 11.2 Å². The number of carbonyl (C=O) groups excluding carboxylic acids is 1. The first kappa shape index (κ1) is 15.5. The number of hydrogen-bond donors (Lipinski definition) is 2. The molecule has 2 N–H and O–H groups in total. The standard InChI is InChI=1S/C15H23NO3/c1-11(2)7-13(10-17)16-15(18)9-12-5-4-6-14(8-12)19-3/h4-6,8,11,13,17H,7,9-10H2,1-3H3,(H,16,18). The Hall–Kier alpha value is -1.55. The van der Waals surface area contributed by atoms with E-state index in [1.807, 2.05) is 24.3 Å². The van der Waals surface area contributed by atoms with E-state index in [2.05, 4.69) is 19.2 Å². The van der Waals surface area contributed by atoms with E-state index in [1.165, 1.54) is 0 Å². The van der Waals surface area contributed by atoms with E-state index in [4.69, 9.17) is 4.74 Å². The van der Waals surface area contributed by atoms with Crippen LogP contribution in [0, 0.1) is 5.92 Å². The van der Waals surface area contributed by atoms with Crippen LogP contribution >= 0.6 is 0 Å². The number of aliphatic hydroxyl groups excluding tert-OH is 1. The van der Waals surface area contributed by atoms with E-state index >= 15 is 0 Å². The van der Waals surface area contributed by atoms with Crippen molar-refractivity contribution in [3.63, 3.8) is 0 Å². The summed E-state index contributed by atoms with van der Waals surface area (Å²) in [5.41, 5.74) is 0.901. The summed E-state index contributed by atoms with van der Waals surface area (Å²) in [7, 11) is 1.60. The highest BCUT2D eigenvalue weighted by Crippen LogP contribution is 2.13. The molecule has 106 valence electrons. The number of ether oxygens (including phenoxy) is 1. The van der Waals surface area contributed by atoms with Gasteiger partial charge >= 0.3 is 0 Å². The summed E-state index contributed by atoms with van der Waals surface area (Å²) in [4.78, 5) is 11.9. The van der Waals surface area contributed by atoms with Crippen LogP contribution in [-0.4, -0.2) is 30.8 Å². The third-order valence-electron chi connectivity index (χ3n) is 2.84. The number of methoxy groups -OCH3 is 1. The quantitative estimate of drug-likeness (QED) is 0.790. The van der Waals surface area contributed by atoms with E-state index in [-0.39, 0.29) is 18.6 Å². The van der Waals surface area contributed by atoms with Gasteiger partial charge in [-0.1, -0.05) is 26.0 Å². The summed E-state index contributed by atoms with van der Waals surface area (Å²) in [6.45, 7) is 4.11. The van der Waals surface area contributed by atoms with Crippen molar-refractivity contribution in [2.75, 3.05) is 13.7 Å². The lowest BCUT2D eigenvalue weighted by Gasteiger charge is -2.18. The lowest BCUT2D eigenvalue weighted by Crippen LogP contribution is -2.39. The van der Waals surface area contributed by atoms with E-state index in [0.717, 1.165) is 17.7 Å². The fraction of sp³-hybridized carbons (Fsp3) is 0.533. The maximum Gasteiger partial charge on any atom is 0.224 e. The summed E-state index contributed by atoms with van der Waals surface area (Å²) in [5.74, 6) is 1.11. The zero-order valence-electron chi connectivity index (χ0n) is 11.8. The molecule has 0 radical (unpaired) electrons. The molecular formula is C15H23NO3. The summed E-state index contributed by atoms with van der Waals surface area (Å²) in [6, 6.07) is 7.27. The van der Waals surface area contributed by atoms with Gasteiger partial charge in [0.25, 0.3) is 0 Å². The van der Waals surface area contributed by atoms with Crippen molar-refractivity contribution >= 4 is 5.91 Å². The van der Waals surface area contributed by atoms with Crippen molar-refractivity contribution in [1.82, 2.24) is 5.32 Å². The molecule has 19 heavy (non-hydrogen) atoms. The van der Waals surface area contributed by atoms with Gasteiger partial charge < -0.3 is 15.2 Å². The summed E-state index contributed by atoms with van der Waals surface area (Å²) in [6.07, 6.45) is 1.08. The number of hydrogen-bond acceptors (Lipinski definition) is 3. The van der Waals surface area contributed by atoms with Gasteiger partial charge in [-0.3, -0.25) is 4.79 Å². The fourth-order valence-corrected chi connectivity index (χ4v) is 1.99. The normalized spacial score (nSPS) is 12.3. The molecular weight excluding hydrogens is 242 g/mol. The molecule has 0 aliphatic heterocycles. The fourth-order valence-electron chi connectivity index (χ4n) is 1.99. The molecule has 1 aromatic rings. The van der Waals surface area contributed by atoms with Gasteiger partial charge in [-0.25, -0.2) is 0 Å². The molecule has 1 atom stereocenters. The highest BCUT2D eigenvalue weighted by atomic mass is 16.5. The van der Waals surface area contributed by atoms with Crippen LogP contribution in [0.4, 0.5) is 0 Å². The molecule has 0 fully saturated rings. The Kier molecular flexibility index (Phi) is 6.36. The van der Waals surface area contributed by atoms with Crippen molar-refractivity contribution in [3.8, 4) is 5.75 Å². The summed E-state index contributed by atoms with van der Waals surface area (Å²) in [5, 5.41) is 12.1. The lowest BCUT2D eigenvalue weighted by atomic mass is 10.0. The number of nitrogens with one attached hydrogen (secondary N) is 1. The molecule has 4 heteroatoms. The summed E-state index contributed by atoms with van der Waals surface area (Å²) >= 11 is 0. The van der Waals surface area contributed by atoms with E-state index < -0.39 is 0 Å². The number of rotatable bonds is 7. The Labute approximate surface area is 114 Å². The SMILES string of the molecule is COc1cccc(CC(=O)NC(CO)CC(C)C)c1. The third kappa shape index (κ3) is 5.75. The van der Waals surface area contributed by atoms with Crippen LogP contribution in [0.5, 0.6) is 5.75 Å². The van der Waals surface area contributed by atoms with Gasteiger partial charge in [0, 0.05) is 0 Å². The van der Waals surface area contributed by atoms with E-state index in [9.17, 15) is 9.90 Å². The van der Waals surface area contributed by atoms with Gasteiger partial charge in [0.1, 0.15) is 5.75 Å². The monoisotopic (exact) mass is 265 g/mol. The zero-order valence-corrected chi connectivity index (χ0v) is 11.8. The van der Waals surface area contributed by atoms with E-state index in [1.54, 1.807) is 7.11 Å². The molecule has 4 nitrogen and oxygen atoms in total. The molecule has 0 aliphatic carbocycles. The first-order valence-electron chi connectivity index (χ1n) is 6.58. The highest BCUT2D eigenvalue weighted by molar-refractivity contribution is 5.79. The molecule has 0 spiro atoms. The average Bonchev–Trinajstić information content (AvgIpc) is 2.37. The molecule has 1 aromatic carbocycles. The Morgan fingerprint density at radius 3 is 2.74 bits per heavy atom. The topological polar surface area (TPSA) is 58.6 Å². The molecule has 0 heterocycles. The Balaban J connectivity index is 2.53. The van der Waals surface area contributed by atoms with Gasteiger partial charge in [0.05, 0.1) is 26.2 Å². The van der Waals surface area contributed by atoms with Crippen LogP contribution in [0.25, 0.3) is 0 Å². The van der Waals surface area contributed by atoms with E-state index in [0.29, 0.717) is 12.3 Å². The molecule has 0 aliphatic rings. The minimum atomic E-state index is -0.168. The van der Waals surface area contributed by atoms with Crippen molar-refractivity contribution in [3.05, 3.63) is 29.8 Å². The number of aliphatic hydroxyl groups is 1. The predicted octanol–water partition coefficient (Wildman–Crippen LogP) is 1.76. The van der Waals surface area contributed by atoms with Gasteiger partial charge in [-0.15, -0.1) is 0 Å². The van der Waals surface area contributed by atoms with Crippen LogP contribution in [0.1, 0.15) is 25.8 Å². The second-order valence-electron chi connectivity index (χ2n) is 5.10. The van der Waals surface area contributed by atoms with Crippen LogP contribution < -0.4 is 10.1 Å². The van der Waals surface area contributed by atoms with Gasteiger partial charge in [-0.2, -0.15) is 0 Å². The highest BCUT2D eigenvalue weighted by Gasteiger charge is 2.13. The van der Waals surface area contributed by atoms with Crippen LogP contribution in [0.3, 0.4) is 0 Å². The lowest BCUT2D eigenvalue weighted by molar-refractivity contribution is -0.121. The summed E-state index contributed by atoms with van der Waals surface area (Å²) < 4.78 is 5.12. The average molecular weight is 265 g/mol. The van der Waals surface area contributed by atoms with Crippen molar-refractivity contribution in [1.29, 1.82) is 0 Å². The van der Waals surface area contributed by atoms with Gasteiger partial charge in [-0.05, 0) is 30.0 Å².